The van der Waals surface area contributed by atoms with Crippen LogP contribution < -0.4 is 0 Å². The van der Waals surface area contributed by atoms with E-state index in [0.717, 1.165) is 12.1 Å². The second-order valence-electron chi connectivity index (χ2n) is 4.19. The van der Waals surface area contributed by atoms with E-state index >= 15 is 0 Å². The first kappa shape index (κ1) is 13.4. The molecule has 1 aromatic rings. The van der Waals surface area contributed by atoms with E-state index in [2.05, 4.69) is 0 Å². The number of hydrogen-bond donors (Lipinski definition) is 1. The van der Waals surface area contributed by atoms with Crippen molar-refractivity contribution in [3.8, 4) is 0 Å². The normalized spacial score (nSPS) is 27.2. The molecule has 0 aromatic heterocycles. The molecule has 0 amide bonds. The van der Waals surface area contributed by atoms with Crippen molar-refractivity contribution in [2.24, 2.45) is 0 Å². The lowest BCUT2D eigenvalue weighted by molar-refractivity contribution is 0.204. The lowest BCUT2D eigenvalue weighted by atomic mass is 10.3. The van der Waals surface area contributed by atoms with Crippen molar-refractivity contribution in [3.63, 3.8) is 0 Å². The first-order chi connectivity index (χ1) is 8.22. The molecule has 0 spiro atoms. The zero-order chi connectivity index (χ0) is 13.6. The van der Waals surface area contributed by atoms with Crippen LogP contribution in [0, 0.1) is 5.82 Å². The number of aliphatic hydroxyl groups excluding tert-OH is 1. The number of aliphatic hydroxyl groups is 1. The summed E-state index contributed by atoms with van der Waals surface area (Å²) in [5.41, 5.74) is 0. The van der Waals surface area contributed by atoms with Crippen molar-refractivity contribution >= 4 is 19.7 Å². The van der Waals surface area contributed by atoms with E-state index in [1.807, 2.05) is 0 Å². The average molecular weight is 294 g/mol. The molecular weight excluding hydrogens is 283 g/mol. The largest absolute Gasteiger partial charge is 0.391 e. The van der Waals surface area contributed by atoms with Gasteiger partial charge in [-0.3, -0.25) is 0 Å². The van der Waals surface area contributed by atoms with E-state index in [-0.39, 0.29) is 4.90 Å². The third-order valence-corrected chi connectivity index (χ3v) is 6.91. The van der Waals surface area contributed by atoms with Crippen LogP contribution in [-0.4, -0.2) is 44.8 Å². The van der Waals surface area contributed by atoms with Crippen LogP contribution in [0.1, 0.15) is 0 Å². The topological polar surface area (TPSA) is 88.5 Å². The minimum Gasteiger partial charge on any atom is -0.391 e. The van der Waals surface area contributed by atoms with Gasteiger partial charge in [0.25, 0.3) is 0 Å². The molecule has 1 fully saturated rings. The highest BCUT2D eigenvalue weighted by atomic mass is 32.2. The first-order valence-corrected chi connectivity index (χ1v) is 8.47. The Bertz CT molecular complexity index is 665. The van der Waals surface area contributed by atoms with Crippen molar-refractivity contribution in [1.82, 2.24) is 0 Å². The van der Waals surface area contributed by atoms with Crippen LogP contribution >= 0.6 is 0 Å². The quantitative estimate of drug-likeness (QED) is 0.813. The molecular formula is C10H11FO5S2. The van der Waals surface area contributed by atoms with Gasteiger partial charge < -0.3 is 5.11 Å². The number of benzene rings is 1. The minimum atomic E-state index is -4.05. The fourth-order valence-electron chi connectivity index (χ4n) is 1.91. The number of rotatable bonds is 2. The van der Waals surface area contributed by atoms with Crippen LogP contribution in [0.4, 0.5) is 4.39 Å². The molecule has 1 aromatic carbocycles. The van der Waals surface area contributed by atoms with Crippen molar-refractivity contribution in [2.45, 2.75) is 16.2 Å². The summed E-state index contributed by atoms with van der Waals surface area (Å²) in [5, 5.41) is 8.11. The summed E-state index contributed by atoms with van der Waals surface area (Å²) in [5.74, 6) is -1.94. The number of halogens is 1. The van der Waals surface area contributed by atoms with E-state index in [4.69, 9.17) is 0 Å². The van der Waals surface area contributed by atoms with Gasteiger partial charge in [-0.15, -0.1) is 0 Å². The maximum absolute atomic E-state index is 13.0. The zero-order valence-corrected chi connectivity index (χ0v) is 10.8. The van der Waals surface area contributed by atoms with Gasteiger partial charge in [0.05, 0.1) is 22.5 Å². The molecule has 100 valence electrons. The summed E-state index contributed by atoms with van der Waals surface area (Å²) in [6, 6.07) is 4.29. The molecule has 18 heavy (non-hydrogen) atoms. The van der Waals surface area contributed by atoms with E-state index in [1.54, 1.807) is 0 Å². The number of hydrogen-bond acceptors (Lipinski definition) is 5. The Morgan fingerprint density at radius 1 is 1.28 bits per heavy atom. The Balaban J connectivity index is 2.45. The van der Waals surface area contributed by atoms with Crippen LogP contribution in [0.25, 0.3) is 0 Å². The van der Waals surface area contributed by atoms with Crippen LogP contribution in [0.2, 0.25) is 0 Å². The van der Waals surface area contributed by atoms with Crippen molar-refractivity contribution < 1.29 is 26.3 Å². The molecule has 0 saturated carbocycles. The highest BCUT2D eigenvalue weighted by molar-refractivity contribution is 7.96. The third kappa shape index (κ3) is 2.40. The Kier molecular flexibility index (Phi) is 3.20. The van der Waals surface area contributed by atoms with Gasteiger partial charge in [-0.1, -0.05) is 6.07 Å². The predicted molar refractivity (Wildman–Crippen MR) is 62.0 cm³/mol. The van der Waals surface area contributed by atoms with Gasteiger partial charge in [0, 0.05) is 0 Å². The summed E-state index contributed by atoms with van der Waals surface area (Å²) in [6.45, 7) is 0. The summed E-state index contributed by atoms with van der Waals surface area (Å²) < 4.78 is 59.8. The molecule has 2 rings (SSSR count). The van der Waals surface area contributed by atoms with Crippen LogP contribution in [0.5, 0.6) is 0 Å². The van der Waals surface area contributed by atoms with Gasteiger partial charge in [-0.05, 0) is 18.2 Å². The highest BCUT2D eigenvalue weighted by Crippen LogP contribution is 2.26. The van der Waals surface area contributed by atoms with Crippen LogP contribution in [-0.2, 0) is 19.7 Å². The van der Waals surface area contributed by atoms with E-state index in [1.165, 1.54) is 12.1 Å². The SMILES string of the molecule is O=S1(=O)CC(O)C(S(=O)(=O)c2cccc(F)c2)C1. The van der Waals surface area contributed by atoms with Gasteiger partial charge in [-0.25, -0.2) is 21.2 Å². The minimum absolute atomic E-state index is 0.316. The fourth-order valence-corrected chi connectivity index (χ4v) is 6.39. The Morgan fingerprint density at radius 2 is 1.94 bits per heavy atom. The lowest BCUT2D eigenvalue weighted by Gasteiger charge is -2.13. The lowest BCUT2D eigenvalue weighted by Crippen LogP contribution is -2.32. The standard InChI is InChI=1S/C10H11FO5S2/c11-7-2-1-3-8(4-7)18(15,16)10-6-17(13,14)5-9(10)12/h1-4,9-10,12H,5-6H2. The molecule has 5 nitrogen and oxygen atoms in total. The van der Waals surface area contributed by atoms with E-state index in [9.17, 15) is 26.3 Å². The van der Waals surface area contributed by atoms with E-state index in [0.29, 0.717) is 0 Å². The van der Waals surface area contributed by atoms with Crippen LogP contribution in [0.15, 0.2) is 29.2 Å². The maximum Gasteiger partial charge on any atom is 0.184 e. The van der Waals surface area contributed by atoms with Gasteiger partial charge in [0.1, 0.15) is 11.1 Å². The molecule has 0 aliphatic carbocycles. The second-order valence-corrected chi connectivity index (χ2v) is 8.51. The smallest absolute Gasteiger partial charge is 0.184 e. The summed E-state index contributed by atoms with van der Waals surface area (Å²) >= 11 is 0. The maximum atomic E-state index is 13.0. The molecule has 1 aliphatic rings. The zero-order valence-electron chi connectivity index (χ0n) is 9.15. The molecule has 2 unspecified atom stereocenters. The van der Waals surface area contributed by atoms with Crippen molar-refractivity contribution in [2.75, 3.05) is 11.5 Å². The fraction of sp³-hybridized carbons (Fsp3) is 0.400. The Labute approximate surface area is 104 Å². The van der Waals surface area contributed by atoms with E-state index < -0.39 is 48.4 Å². The van der Waals surface area contributed by atoms with Gasteiger partial charge in [0.2, 0.25) is 0 Å². The van der Waals surface area contributed by atoms with Crippen molar-refractivity contribution in [3.05, 3.63) is 30.1 Å². The Morgan fingerprint density at radius 3 is 2.44 bits per heavy atom. The summed E-state index contributed by atoms with van der Waals surface area (Å²) in [4.78, 5) is -0.316. The molecule has 1 aliphatic heterocycles. The highest BCUT2D eigenvalue weighted by Gasteiger charge is 2.45. The molecule has 8 heteroatoms. The van der Waals surface area contributed by atoms with Crippen molar-refractivity contribution in [1.29, 1.82) is 0 Å². The first-order valence-electron chi connectivity index (χ1n) is 5.10. The van der Waals surface area contributed by atoms with Crippen LogP contribution in [0.3, 0.4) is 0 Å². The second kappa shape index (κ2) is 4.29. The molecule has 2 atom stereocenters. The third-order valence-electron chi connectivity index (χ3n) is 2.80. The predicted octanol–water partition coefficient (Wildman–Crippen LogP) is -0.243. The van der Waals surface area contributed by atoms with Gasteiger partial charge >= 0.3 is 0 Å². The average Bonchev–Trinajstić information content (AvgIpc) is 2.53. The Hall–Kier alpha value is -0.990. The molecule has 0 bridgehead atoms. The summed E-state index contributed by atoms with van der Waals surface area (Å²) in [7, 11) is -7.62. The molecule has 1 saturated heterocycles. The molecule has 0 radical (unpaired) electrons. The van der Waals surface area contributed by atoms with Gasteiger partial charge in [0.15, 0.2) is 19.7 Å². The summed E-state index contributed by atoms with van der Waals surface area (Å²) in [6.07, 6.45) is -1.47. The molecule has 1 heterocycles. The van der Waals surface area contributed by atoms with Gasteiger partial charge in [-0.2, -0.15) is 0 Å². The molecule has 1 N–H and O–H groups in total. The number of sulfone groups is 2. The monoisotopic (exact) mass is 294 g/mol.